The van der Waals surface area contributed by atoms with Crippen molar-refractivity contribution in [1.29, 1.82) is 0 Å². The molecule has 4 nitrogen and oxygen atoms in total. The summed E-state index contributed by atoms with van der Waals surface area (Å²) >= 11 is 0. The lowest BCUT2D eigenvalue weighted by Gasteiger charge is -2.15. The second kappa shape index (κ2) is 6.23. The Kier molecular flexibility index (Phi) is 4.40. The molecule has 0 saturated carbocycles. The Labute approximate surface area is 116 Å². The van der Waals surface area contributed by atoms with Gasteiger partial charge in [0, 0.05) is 18.2 Å². The van der Waals surface area contributed by atoms with Crippen molar-refractivity contribution in [2.45, 2.75) is 25.8 Å². The standard InChI is InChI=1S/C15H17FN2O2/c1-10(4-6-12-3-2-8-20-12)18-11-5-7-14(16)13(9-11)15(17)19/h2-3,5,7-10,18H,4,6H2,1H3,(H2,17,19). The molecule has 0 aliphatic heterocycles. The van der Waals surface area contributed by atoms with Gasteiger partial charge in [-0.1, -0.05) is 0 Å². The van der Waals surface area contributed by atoms with Crippen molar-refractivity contribution in [3.8, 4) is 0 Å². The molecule has 0 radical (unpaired) electrons. The van der Waals surface area contributed by atoms with E-state index in [-0.39, 0.29) is 11.6 Å². The van der Waals surface area contributed by atoms with Crippen molar-refractivity contribution < 1.29 is 13.6 Å². The summed E-state index contributed by atoms with van der Waals surface area (Å²) in [5.74, 6) is -0.448. The summed E-state index contributed by atoms with van der Waals surface area (Å²) in [7, 11) is 0. The molecule has 1 heterocycles. The van der Waals surface area contributed by atoms with Crippen molar-refractivity contribution in [2.75, 3.05) is 5.32 Å². The topological polar surface area (TPSA) is 68.3 Å². The van der Waals surface area contributed by atoms with Crippen LogP contribution in [0.1, 0.15) is 29.5 Å². The fourth-order valence-electron chi connectivity index (χ4n) is 1.97. The average Bonchev–Trinajstić information content (AvgIpc) is 2.91. The normalized spacial score (nSPS) is 12.1. The zero-order chi connectivity index (χ0) is 14.5. The third-order valence-corrected chi connectivity index (χ3v) is 3.05. The Hall–Kier alpha value is -2.30. The van der Waals surface area contributed by atoms with Gasteiger partial charge in [0.05, 0.1) is 11.8 Å². The van der Waals surface area contributed by atoms with Gasteiger partial charge < -0.3 is 15.5 Å². The molecule has 3 N–H and O–H groups in total. The zero-order valence-corrected chi connectivity index (χ0v) is 11.2. The van der Waals surface area contributed by atoms with Crippen LogP contribution >= 0.6 is 0 Å². The Balaban J connectivity index is 1.95. The lowest BCUT2D eigenvalue weighted by atomic mass is 10.1. The van der Waals surface area contributed by atoms with Crippen LogP contribution in [0, 0.1) is 5.82 Å². The predicted molar refractivity (Wildman–Crippen MR) is 75.0 cm³/mol. The van der Waals surface area contributed by atoms with Crippen molar-refractivity contribution >= 4 is 11.6 Å². The van der Waals surface area contributed by atoms with E-state index < -0.39 is 11.7 Å². The minimum atomic E-state index is -0.769. The number of carbonyl (C=O) groups is 1. The van der Waals surface area contributed by atoms with Gasteiger partial charge >= 0.3 is 0 Å². The number of halogens is 1. The van der Waals surface area contributed by atoms with Gasteiger partial charge in [0.2, 0.25) is 0 Å². The van der Waals surface area contributed by atoms with Crippen LogP contribution in [0.4, 0.5) is 10.1 Å². The number of nitrogens with two attached hydrogens (primary N) is 1. The van der Waals surface area contributed by atoms with E-state index in [2.05, 4.69) is 5.32 Å². The lowest BCUT2D eigenvalue weighted by molar-refractivity contribution is 0.0996. The van der Waals surface area contributed by atoms with Gasteiger partial charge in [-0.25, -0.2) is 4.39 Å². The van der Waals surface area contributed by atoms with Gasteiger partial charge in [0.1, 0.15) is 11.6 Å². The Morgan fingerprint density at radius 1 is 1.45 bits per heavy atom. The molecule has 0 aliphatic carbocycles. The van der Waals surface area contributed by atoms with E-state index in [9.17, 15) is 9.18 Å². The predicted octanol–water partition coefficient (Wildman–Crippen LogP) is 2.95. The summed E-state index contributed by atoms with van der Waals surface area (Å²) < 4.78 is 18.6. The Morgan fingerprint density at radius 3 is 2.90 bits per heavy atom. The van der Waals surface area contributed by atoms with Crippen LogP contribution in [0.25, 0.3) is 0 Å². The molecular formula is C15H17FN2O2. The lowest BCUT2D eigenvalue weighted by Crippen LogP contribution is -2.18. The smallest absolute Gasteiger partial charge is 0.251 e. The van der Waals surface area contributed by atoms with Crippen LogP contribution in [0.3, 0.4) is 0 Å². The number of nitrogens with one attached hydrogen (secondary N) is 1. The van der Waals surface area contributed by atoms with E-state index in [0.717, 1.165) is 18.6 Å². The van der Waals surface area contributed by atoms with Gasteiger partial charge in [-0.3, -0.25) is 4.79 Å². The first-order valence-corrected chi connectivity index (χ1v) is 6.44. The first-order chi connectivity index (χ1) is 9.56. The van der Waals surface area contributed by atoms with E-state index in [0.29, 0.717) is 5.69 Å². The van der Waals surface area contributed by atoms with Gasteiger partial charge in [-0.15, -0.1) is 0 Å². The summed E-state index contributed by atoms with van der Waals surface area (Å²) in [6.45, 7) is 2.01. The van der Waals surface area contributed by atoms with Gasteiger partial charge in [-0.05, 0) is 43.7 Å². The quantitative estimate of drug-likeness (QED) is 0.852. The molecular weight excluding hydrogens is 259 g/mol. The number of hydrogen-bond acceptors (Lipinski definition) is 3. The number of carbonyl (C=O) groups excluding carboxylic acids is 1. The van der Waals surface area contributed by atoms with Crippen LogP contribution in [-0.2, 0) is 6.42 Å². The van der Waals surface area contributed by atoms with E-state index in [1.54, 1.807) is 12.3 Å². The zero-order valence-electron chi connectivity index (χ0n) is 11.2. The highest BCUT2D eigenvalue weighted by Crippen LogP contribution is 2.16. The summed E-state index contributed by atoms with van der Waals surface area (Å²) in [4.78, 5) is 11.1. The Morgan fingerprint density at radius 2 is 2.25 bits per heavy atom. The molecule has 20 heavy (non-hydrogen) atoms. The SMILES string of the molecule is CC(CCc1ccco1)Nc1ccc(F)c(C(N)=O)c1. The van der Waals surface area contributed by atoms with E-state index in [4.69, 9.17) is 10.2 Å². The fourth-order valence-corrected chi connectivity index (χ4v) is 1.97. The first-order valence-electron chi connectivity index (χ1n) is 6.44. The number of amides is 1. The number of furan rings is 1. The summed E-state index contributed by atoms with van der Waals surface area (Å²) in [5, 5.41) is 3.21. The number of benzene rings is 1. The third-order valence-electron chi connectivity index (χ3n) is 3.05. The first kappa shape index (κ1) is 14.1. The second-order valence-electron chi connectivity index (χ2n) is 4.72. The molecule has 1 aromatic heterocycles. The number of hydrogen-bond donors (Lipinski definition) is 2. The number of primary amides is 1. The maximum absolute atomic E-state index is 13.4. The Bertz CT molecular complexity index is 582. The molecule has 0 aliphatic rings. The fraction of sp³-hybridized carbons (Fsp3) is 0.267. The number of anilines is 1. The summed E-state index contributed by atoms with van der Waals surface area (Å²) in [5.41, 5.74) is 5.69. The molecule has 1 unspecified atom stereocenters. The van der Waals surface area contributed by atoms with Crippen LogP contribution in [-0.4, -0.2) is 11.9 Å². The minimum Gasteiger partial charge on any atom is -0.469 e. The summed E-state index contributed by atoms with van der Waals surface area (Å²) in [6.07, 6.45) is 3.31. The highest BCUT2D eigenvalue weighted by atomic mass is 19.1. The van der Waals surface area contributed by atoms with Crippen LogP contribution < -0.4 is 11.1 Å². The monoisotopic (exact) mass is 276 g/mol. The van der Waals surface area contributed by atoms with Gasteiger partial charge in [0.25, 0.3) is 5.91 Å². The highest BCUT2D eigenvalue weighted by molar-refractivity contribution is 5.94. The van der Waals surface area contributed by atoms with Crippen molar-refractivity contribution in [3.63, 3.8) is 0 Å². The number of rotatable bonds is 6. The van der Waals surface area contributed by atoms with E-state index >= 15 is 0 Å². The van der Waals surface area contributed by atoms with Crippen molar-refractivity contribution in [1.82, 2.24) is 0 Å². The molecule has 2 aromatic rings. The van der Waals surface area contributed by atoms with E-state index in [1.165, 1.54) is 12.1 Å². The molecule has 0 spiro atoms. The molecule has 2 rings (SSSR count). The van der Waals surface area contributed by atoms with E-state index in [1.807, 2.05) is 19.1 Å². The maximum Gasteiger partial charge on any atom is 0.251 e. The molecule has 1 amide bonds. The number of aryl methyl sites for hydroxylation is 1. The molecule has 0 bridgehead atoms. The van der Waals surface area contributed by atoms with Gasteiger partial charge in [-0.2, -0.15) is 0 Å². The minimum absolute atomic E-state index is 0.103. The van der Waals surface area contributed by atoms with Crippen LogP contribution in [0.5, 0.6) is 0 Å². The average molecular weight is 276 g/mol. The van der Waals surface area contributed by atoms with Crippen LogP contribution in [0.2, 0.25) is 0 Å². The van der Waals surface area contributed by atoms with Crippen molar-refractivity contribution in [3.05, 3.63) is 53.7 Å². The second-order valence-corrected chi connectivity index (χ2v) is 4.72. The van der Waals surface area contributed by atoms with Crippen LogP contribution in [0.15, 0.2) is 41.0 Å². The van der Waals surface area contributed by atoms with Gasteiger partial charge in [0.15, 0.2) is 0 Å². The highest BCUT2D eigenvalue weighted by Gasteiger charge is 2.10. The molecule has 1 aromatic carbocycles. The van der Waals surface area contributed by atoms with Crippen molar-refractivity contribution in [2.24, 2.45) is 5.73 Å². The molecule has 0 fully saturated rings. The molecule has 106 valence electrons. The molecule has 0 saturated heterocycles. The maximum atomic E-state index is 13.4. The largest absolute Gasteiger partial charge is 0.469 e. The third kappa shape index (κ3) is 3.60. The molecule has 5 heteroatoms. The molecule has 1 atom stereocenters. The summed E-state index contributed by atoms with van der Waals surface area (Å²) in [6, 6.07) is 8.20.